The van der Waals surface area contributed by atoms with Crippen molar-refractivity contribution in [1.82, 2.24) is 4.90 Å². The summed E-state index contributed by atoms with van der Waals surface area (Å²) in [5.74, 6) is -1.05. The number of thioether (sulfide) groups is 2. The van der Waals surface area contributed by atoms with E-state index < -0.39 is 23.2 Å². The molecule has 2 rings (SSSR count). The Labute approximate surface area is 143 Å². The quantitative estimate of drug-likeness (QED) is 0.460. The first kappa shape index (κ1) is 17.6. The summed E-state index contributed by atoms with van der Waals surface area (Å²) in [6.07, 6.45) is 3.64. The number of imide groups is 1. The van der Waals surface area contributed by atoms with E-state index >= 15 is 0 Å². The van der Waals surface area contributed by atoms with Crippen LogP contribution in [0.2, 0.25) is 0 Å². The summed E-state index contributed by atoms with van der Waals surface area (Å²) in [4.78, 5) is 38.6. The molecule has 0 spiro atoms. The molecule has 0 aliphatic carbocycles. The zero-order valence-corrected chi connectivity index (χ0v) is 14.7. The van der Waals surface area contributed by atoms with Crippen molar-refractivity contribution in [3.8, 4) is 0 Å². The summed E-state index contributed by atoms with van der Waals surface area (Å²) in [6, 6.07) is 6.74. The number of rotatable bonds is 5. The average molecular weight is 351 g/mol. The van der Waals surface area contributed by atoms with E-state index in [-0.39, 0.29) is 6.61 Å². The molecule has 0 N–H and O–H groups in total. The number of nitrogens with zero attached hydrogens (tertiary/aromatic N) is 1. The molecular formula is C16H17NO4S2. The molecule has 1 atom stereocenters. The maximum atomic E-state index is 12.4. The van der Waals surface area contributed by atoms with Crippen LogP contribution in [0.3, 0.4) is 0 Å². The van der Waals surface area contributed by atoms with Gasteiger partial charge in [-0.15, -0.1) is 11.8 Å². The minimum Gasteiger partial charge on any atom is -0.464 e. The summed E-state index contributed by atoms with van der Waals surface area (Å²) < 4.78 is 4.88. The molecule has 0 aromatic heterocycles. The Morgan fingerprint density at radius 3 is 2.57 bits per heavy atom. The van der Waals surface area contributed by atoms with Crippen molar-refractivity contribution in [2.24, 2.45) is 0 Å². The first-order chi connectivity index (χ1) is 11.0. The van der Waals surface area contributed by atoms with Crippen LogP contribution >= 0.6 is 23.5 Å². The predicted molar refractivity (Wildman–Crippen MR) is 92.1 cm³/mol. The fourth-order valence-electron chi connectivity index (χ4n) is 2.03. The fourth-order valence-corrected chi connectivity index (χ4v) is 3.35. The van der Waals surface area contributed by atoms with Crippen LogP contribution in [0.5, 0.6) is 0 Å². The fraction of sp³-hybridized carbons (Fsp3) is 0.312. The SMILES string of the molecule is CCOC(=O)C(C)N1C(=O)SC(=Cc2ccc(SC)cc2)C1=O. The minimum absolute atomic E-state index is 0.205. The Kier molecular flexibility index (Phi) is 5.90. The molecule has 5 nitrogen and oxygen atoms in total. The van der Waals surface area contributed by atoms with E-state index in [1.165, 1.54) is 6.92 Å². The topological polar surface area (TPSA) is 63.7 Å². The zero-order valence-electron chi connectivity index (χ0n) is 13.1. The molecule has 1 aromatic carbocycles. The molecule has 1 unspecified atom stereocenters. The number of carbonyl (C=O) groups excluding carboxylic acids is 3. The molecule has 1 saturated heterocycles. The summed E-state index contributed by atoms with van der Waals surface area (Å²) in [5.41, 5.74) is 0.831. The monoisotopic (exact) mass is 351 g/mol. The molecule has 1 fully saturated rings. The lowest BCUT2D eigenvalue weighted by Crippen LogP contribution is -2.42. The lowest BCUT2D eigenvalue weighted by Gasteiger charge is -2.19. The third kappa shape index (κ3) is 3.97. The molecular weight excluding hydrogens is 334 g/mol. The van der Waals surface area contributed by atoms with Crippen molar-refractivity contribution >= 4 is 46.7 Å². The largest absolute Gasteiger partial charge is 0.464 e. The lowest BCUT2D eigenvalue weighted by atomic mass is 10.2. The second-order valence-corrected chi connectivity index (χ2v) is 6.63. The molecule has 0 saturated carbocycles. The van der Waals surface area contributed by atoms with Gasteiger partial charge >= 0.3 is 5.97 Å². The highest BCUT2D eigenvalue weighted by Gasteiger charge is 2.41. The van der Waals surface area contributed by atoms with Crippen molar-refractivity contribution in [3.05, 3.63) is 34.7 Å². The van der Waals surface area contributed by atoms with Gasteiger partial charge in [0.05, 0.1) is 11.5 Å². The molecule has 7 heteroatoms. The van der Waals surface area contributed by atoms with Gasteiger partial charge in [-0.2, -0.15) is 0 Å². The van der Waals surface area contributed by atoms with E-state index in [2.05, 4.69) is 0 Å². The van der Waals surface area contributed by atoms with Crippen LogP contribution in [-0.4, -0.2) is 40.9 Å². The minimum atomic E-state index is -0.924. The van der Waals surface area contributed by atoms with Crippen molar-refractivity contribution < 1.29 is 19.1 Å². The maximum Gasteiger partial charge on any atom is 0.329 e. The van der Waals surface area contributed by atoms with Gasteiger partial charge in [0.25, 0.3) is 11.1 Å². The van der Waals surface area contributed by atoms with Crippen molar-refractivity contribution in [1.29, 1.82) is 0 Å². The highest BCUT2D eigenvalue weighted by Crippen LogP contribution is 2.34. The summed E-state index contributed by atoms with van der Waals surface area (Å²) in [6.45, 7) is 3.37. The van der Waals surface area contributed by atoms with E-state index in [0.717, 1.165) is 27.1 Å². The normalized spacial score (nSPS) is 17.7. The van der Waals surface area contributed by atoms with Gasteiger partial charge in [-0.25, -0.2) is 4.79 Å². The third-order valence-corrected chi connectivity index (χ3v) is 4.88. The van der Waals surface area contributed by atoms with Crippen LogP contribution in [0.15, 0.2) is 34.1 Å². The van der Waals surface area contributed by atoms with Crippen LogP contribution in [-0.2, 0) is 14.3 Å². The maximum absolute atomic E-state index is 12.4. The van der Waals surface area contributed by atoms with Crippen LogP contribution in [0.1, 0.15) is 19.4 Å². The van der Waals surface area contributed by atoms with Crippen molar-refractivity contribution in [2.45, 2.75) is 24.8 Å². The summed E-state index contributed by atoms with van der Waals surface area (Å²) in [5, 5.41) is -0.456. The summed E-state index contributed by atoms with van der Waals surface area (Å²) >= 11 is 2.46. The number of benzene rings is 1. The predicted octanol–water partition coefficient (Wildman–Crippen LogP) is 3.40. The standard InChI is InChI=1S/C16H17NO4S2/c1-4-21-15(19)10(2)17-14(18)13(23-16(17)20)9-11-5-7-12(22-3)8-6-11/h5-10H,4H2,1-3H3. The highest BCUT2D eigenvalue weighted by atomic mass is 32.2. The Morgan fingerprint density at radius 2 is 2.00 bits per heavy atom. The van der Waals surface area contributed by atoms with Crippen LogP contribution in [0.4, 0.5) is 4.79 Å². The van der Waals surface area contributed by atoms with Gasteiger partial charge < -0.3 is 4.74 Å². The first-order valence-corrected chi connectivity index (χ1v) is 9.09. The van der Waals surface area contributed by atoms with Crippen LogP contribution in [0, 0.1) is 0 Å². The van der Waals surface area contributed by atoms with E-state index in [9.17, 15) is 14.4 Å². The van der Waals surface area contributed by atoms with Gasteiger partial charge in [-0.05, 0) is 55.6 Å². The smallest absolute Gasteiger partial charge is 0.329 e. The first-order valence-electron chi connectivity index (χ1n) is 7.05. The van der Waals surface area contributed by atoms with E-state index in [1.54, 1.807) is 24.8 Å². The second kappa shape index (κ2) is 7.70. The Morgan fingerprint density at radius 1 is 1.35 bits per heavy atom. The Balaban J connectivity index is 2.19. The molecule has 0 radical (unpaired) electrons. The van der Waals surface area contributed by atoms with Gasteiger partial charge in [-0.3, -0.25) is 14.5 Å². The zero-order chi connectivity index (χ0) is 17.0. The number of carbonyl (C=O) groups is 3. The van der Waals surface area contributed by atoms with Gasteiger partial charge in [0, 0.05) is 4.90 Å². The third-order valence-electron chi connectivity index (χ3n) is 3.25. The molecule has 1 aromatic rings. The Bertz CT molecular complexity index is 655. The second-order valence-electron chi connectivity index (χ2n) is 4.75. The van der Waals surface area contributed by atoms with E-state index in [4.69, 9.17) is 4.74 Å². The average Bonchev–Trinajstić information content (AvgIpc) is 2.81. The molecule has 122 valence electrons. The van der Waals surface area contributed by atoms with Crippen LogP contribution < -0.4 is 0 Å². The van der Waals surface area contributed by atoms with Gasteiger partial charge in [0.2, 0.25) is 0 Å². The number of hydrogen-bond acceptors (Lipinski definition) is 6. The van der Waals surface area contributed by atoms with E-state index in [1.807, 2.05) is 30.5 Å². The Hall–Kier alpha value is -1.73. The lowest BCUT2D eigenvalue weighted by molar-refractivity contribution is -0.150. The summed E-state index contributed by atoms with van der Waals surface area (Å²) in [7, 11) is 0. The van der Waals surface area contributed by atoms with Crippen molar-refractivity contribution in [3.63, 3.8) is 0 Å². The molecule has 0 bridgehead atoms. The number of hydrogen-bond donors (Lipinski definition) is 0. The number of amides is 2. The van der Waals surface area contributed by atoms with E-state index in [0.29, 0.717) is 4.91 Å². The molecule has 1 aliphatic rings. The molecule has 1 heterocycles. The number of esters is 1. The van der Waals surface area contributed by atoms with Gasteiger partial charge in [-0.1, -0.05) is 12.1 Å². The highest BCUT2D eigenvalue weighted by molar-refractivity contribution is 8.18. The molecule has 23 heavy (non-hydrogen) atoms. The van der Waals surface area contributed by atoms with Gasteiger partial charge in [0.15, 0.2) is 0 Å². The molecule has 1 aliphatic heterocycles. The van der Waals surface area contributed by atoms with Crippen molar-refractivity contribution in [2.75, 3.05) is 12.9 Å². The van der Waals surface area contributed by atoms with Crippen LogP contribution in [0.25, 0.3) is 6.08 Å². The number of ether oxygens (including phenoxy) is 1. The molecule has 2 amide bonds. The van der Waals surface area contributed by atoms with Gasteiger partial charge in [0.1, 0.15) is 6.04 Å².